The molecule has 0 spiro atoms. The largest absolute Gasteiger partial charge is 0.463 e. The van der Waals surface area contributed by atoms with Gasteiger partial charge in [0.15, 0.2) is 42.9 Å². The molecule has 3 heterocycles. The van der Waals surface area contributed by atoms with E-state index in [2.05, 4.69) is 10.3 Å². The Labute approximate surface area is 342 Å². The summed E-state index contributed by atoms with van der Waals surface area (Å²) in [6.45, 7) is 8.63. The van der Waals surface area contributed by atoms with Crippen LogP contribution in [0.4, 0.5) is 0 Å². The van der Waals surface area contributed by atoms with Crippen molar-refractivity contribution in [2.24, 2.45) is 0 Å². The zero-order chi connectivity index (χ0) is 43.8. The Morgan fingerprint density at radius 3 is 1.51 bits per heavy atom. The Morgan fingerprint density at radius 1 is 0.559 bits per heavy atom. The molecule has 0 bridgehead atoms. The number of nitrogens with zero attached hydrogens (tertiary/aromatic N) is 3. The van der Waals surface area contributed by atoms with Gasteiger partial charge in [-0.3, -0.25) is 38.4 Å². The molecule has 330 valence electrons. The summed E-state index contributed by atoms with van der Waals surface area (Å²) in [6, 6.07) is 0. The molecule has 2 saturated heterocycles. The second-order valence-corrected chi connectivity index (χ2v) is 14.1. The molecule has 1 aromatic heterocycles. The van der Waals surface area contributed by atoms with Crippen LogP contribution < -0.4 is 0 Å². The summed E-state index contributed by atoms with van der Waals surface area (Å²) >= 11 is 1.15. The van der Waals surface area contributed by atoms with Crippen LogP contribution in [0.2, 0.25) is 0 Å². The van der Waals surface area contributed by atoms with Gasteiger partial charge in [0, 0.05) is 61.1 Å². The molecule has 24 heteroatoms. The number of hydrogen-bond donors (Lipinski definition) is 0. The summed E-state index contributed by atoms with van der Waals surface area (Å²) in [6.07, 6.45) is -10.0. The third kappa shape index (κ3) is 16.0. The van der Waals surface area contributed by atoms with Crippen molar-refractivity contribution in [2.45, 2.75) is 122 Å². The molecule has 0 amide bonds. The van der Waals surface area contributed by atoms with Crippen LogP contribution in [0.1, 0.15) is 67.3 Å². The van der Waals surface area contributed by atoms with Gasteiger partial charge in [-0.1, -0.05) is 5.21 Å². The molecule has 2 aliphatic rings. The highest BCUT2D eigenvalue weighted by Gasteiger charge is 2.54. The number of carbonyl (C=O) groups excluding carboxylic acids is 8. The molecule has 59 heavy (non-hydrogen) atoms. The van der Waals surface area contributed by atoms with Gasteiger partial charge in [0.25, 0.3) is 0 Å². The van der Waals surface area contributed by atoms with Crippen LogP contribution in [-0.2, 0) is 102 Å². The molecule has 2 fully saturated rings. The first-order valence-corrected chi connectivity index (χ1v) is 19.2. The maximum atomic E-state index is 12.2. The van der Waals surface area contributed by atoms with Crippen molar-refractivity contribution in [2.75, 3.05) is 38.8 Å². The summed E-state index contributed by atoms with van der Waals surface area (Å²) < 4.78 is 67.5. The number of esters is 8. The van der Waals surface area contributed by atoms with Gasteiger partial charge in [0.05, 0.1) is 32.6 Å². The average Bonchev–Trinajstić information content (AvgIpc) is 3.59. The van der Waals surface area contributed by atoms with Crippen molar-refractivity contribution in [3.05, 3.63) is 11.9 Å². The zero-order valence-corrected chi connectivity index (χ0v) is 34.5. The van der Waals surface area contributed by atoms with E-state index in [1.54, 1.807) is 0 Å². The third-order valence-corrected chi connectivity index (χ3v) is 8.97. The molecule has 0 saturated carbocycles. The molecule has 2 aliphatic heterocycles. The Balaban J connectivity index is 1.62. The average molecular weight is 864 g/mol. The molecule has 10 atom stereocenters. The first-order valence-electron chi connectivity index (χ1n) is 18.1. The van der Waals surface area contributed by atoms with Gasteiger partial charge in [0.1, 0.15) is 36.6 Å². The quantitative estimate of drug-likeness (QED) is 0.0938. The van der Waals surface area contributed by atoms with E-state index in [0.717, 1.165) is 60.2 Å². The first-order chi connectivity index (χ1) is 27.9. The first kappa shape index (κ1) is 48.5. The third-order valence-electron chi connectivity index (χ3n) is 7.86. The Kier molecular flexibility index (Phi) is 19.4. The monoisotopic (exact) mass is 863 g/mol. The summed E-state index contributed by atoms with van der Waals surface area (Å²) in [5.41, 5.74) is -0.655. The topological polar surface area (TPSA) is 278 Å². The molecular formula is C35H49N3O20S. The summed E-state index contributed by atoms with van der Waals surface area (Å²) in [7, 11) is 0. The molecule has 0 unspecified atom stereocenters. The molecule has 1 aromatic rings. The van der Waals surface area contributed by atoms with Gasteiger partial charge >= 0.3 is 47.8 Å². The van der Waals surface area contributed by atoms with Crippen molar-refractivity contribution in [3.63, 3.8) is 0 Å². The molecule has 0 aromatic carbocycles. The van der Waals surface area contributed by atoms with E-state index < -0.39 is 115 Å². The Hall–Kier alpha value is -4.91. The van der Waals surface area contributed by atoms with Crippen molar-refractivity contribution in [3.8, 4) is 0 Å². The maximum Gasteiger partial charge on any atom is 0.303 e. The van der Waals surface area contributed by atoms with Gasteiger partial charge in [-0.25, -0.2) is 4.68 Å². The lowest BCUT2D eigenvalue weighted by molar-refractivity contribution is -0.270. The number of ether oxygens (including phenoxy) is 12. The smallest absolute Gasteiger partial charge is 0.303 e. The van der Waals surface area contributed by atoms with E-state index >= 15 is 0 Å². The second-order valence-electron chi connectivity index (χ2n) is 12.9. The van der Waals surface area contributed by atoms with E-state index in [4.69, 9.17) is 56.8 Å². The number of carbonyl (C=O) groups is 8. The highest BCUT2D eigenvalue weighted by molar-refractivity contribution is 7.99. The number of hydrogen-bond acceptors (Lipinski definition) is 23. The van der Waals surface area contributed by atoms with Crippen molar-refractivity contribution < 1.29 is 95.2 Å². The SMILES string of the molecule is CC(=O)OC[C@H]1O[C@@H](SCCOCCOCc2cn([C@@H]3O[C@H](COC(C)=O)[C@@H](OC(C)=O)[C@H](OC(C)=O)[C@H]3OC(C)=O)nn2)[C@H](OC(C)=O)[C@@H](OC(C)=O)[C@H]1OC(C)=O. The second kappa shape index (κ2) is 23.6. The summed E-state index contributed by atoms with van der Waals surface area (Å²) in [5, 5.41) is 8.13. The Morgan fingerprint density at radius 2 is 1.00 bits per heavy atom. The van der Waals surface area contributed by atoms with Crippen LogP contribution in [0.5, 0.6) is 0 Å². The van der Waals surface area contributed by atoms with Gasteiger partial charge in [0.2, 0.25) is 0 Å². The normalized spacial score (nSPS) is 26.4. The molecule has 3 rings (SSSR count). The van der Waals surface area contributed by atoms with Crippen LogP contribution in [0, 0.1) is 0 Å². The van der Waals surface area contributed by atoms with E-state index in [9.17, 15) is 38.4 Å². The lowest BCUT2D eigenvalue weighted by atomic mass is 9.97. The van der Waals surface area contributed by atoms with Crippen molar-refractivity contribution in [1.29, 1.82) is 0 Å². The number of rotatable bonds is 20. The summed E-state index contributed by atoms with van der Waals surface area (Å²) in [4.78, 5) is 95.5. The molecule has 23 nitrogen and oxygen atoms in total. The predicted octanol–water partition coefficient (Wildman–Crippen LogP) is -0.117. The lowest BCUT2D eigenvalue weighted by Crippen LogP contribution is -2.61. The minimum Gasteiger partial charge on any atom is -0.463 e. The van der Waals surface area contributed by atoms with E-state index in [1.165, 1.54) is 17.8 Å². The fourth-order valence-corrected chi connectivity index (χ4v) is 6.93. The zero-order valence-electron chi connectivity index (χ0n) is 33.7. The maximum absolute atomic E-state index is 12.2. The fraction of sp³-hybridized carbons (Fsp3) is 0.714. The van der Waals surface area contributed by atoms with E-state index in [-0.39, 0.29) is 38.8 Å². The van der Waals surface area contributed by atoms with Gasteiger partial charge < -0.3 is 56.8 Å². The van der Waals surface area contributed by atoms with Gasteiger partial charge in [-0.05, 0) is 0 Å². The van der Waals surface area contributed by atoms with Crippen LogP contribution in [0.15, 0.2) is 6.20 Å². The van der Waals surface area contributed by atoms with Crippen LogP contribution in [0.3, 0.4) is 0 Å². The highest BCUT2D eigenvalue weighted by Crippen LogP contribution is 2.36. The van der Waals surface area contributed by atoms with Gasteiger partial charge in [-0.2, -0.15) is 0 Å². The molecule has 0 N–H and O–H groups in total. The number of thioether (sulfide) groups is 1. The van der Waals surface area contributed by atoms with Crippen LogP contribution in [-0.4, -0.2) is 156 Å². The molecule has 0 aliphatic carbocycles. The molecule has 0 radical (unpaired) electrons. The van der Waals surface area contributed by atoms with Crippen molar-refractivity contribution >= 4 is 59.5 Å². The van der Waals surface area contributed by atoms with Crippen LogP contribution in [0.25, 0.3) is 0 Å². The lowest BCUT2D eigenvalue weighted by Gasteiger charge is -2.44. The number of aromatic nitrogens is 3. The molecular weight excluding hydrogens is 814 g/mol. The minimum atomic E-state index is -1.40. The van der Waals surface area contributed by atoms with E-state index in [1.807, 2.05) is 0 Å². The Bertz CT molecular complexity index is 1640. The van der Waals surface area contributed by atoms with E-state index in [0.29, 0.717) is 5.69 Å². The van der Waals surface area contributed by atoms with Crippen LogP contribution >= 0.6 is 11.8 Å². The highest BCUT2D eigenvalue weighted by atomic mass is 32.2. The minimum absolute atomic E-state index is 0.0614. The fourth-order valence-electron chi connectivity index (χ4n) is 5.87. The predicted molar refractivity (Wildman–Crippen MR) is 192 cm³/mol. The van der Waals surface area contributed by atoms with Gasteiger partial charge in [-0.15, -0.1) is 16.9 Å². The summed E-state index contributed by atoms with van der Waals surface area (Å²) in [5.74, 6) is -5.55. The standard InChI is InChI=1S/C35H49N3O20S/c1-17(39)49-15-26-28(51-19(3)41)30(53-21(5)43)32(55-23(7)45)34(57-26)38-13-25(36-37-38)14-48-10-9-47-11-12-59-35-33(56-24(8)46)31(54-22(6)44)29(52-20(4)42)27(58-35)16-50-18(2)40/h13,26-35H,9-12,14-16H2,1-8H3/t26-,27-,28-,29+,30+,31+,32-,33-,34-,35+/m1/s1. The van der Waals surface area contributed by atoms with Crippen molar-refractivity contribution in [1.82, 2.24) is 15.0 Å².